The van der Waals surface area contributed by atoms with Gasteiger partial charge in [-0.2, -0.15) is 0 Å². The van der Waals surface area contributed by atoms with E-state index >= 15 is 0 Å². The van der Waals surface area contributed by atoms with Crippen molar-refractivity contribution >= 4 is 49.7 Å². The number of pyridine rings is 4. The van der Waals surface area contributed by atoms with Gasteiger partial charge in [0.1, 0.15) is 17.1 Å². The molecule has 0 unspecified atom stereocenters. The number of likely N-dealkylation sites (tertiary alicyclic amines) is 2. The monoisotopic (exact) mass is 815 g/mol. The van der Waals surface area contributed by atoms with Crippen LogP contribution in [0.2, 0.25) is 0 Å². The van der Waals surface area contributed by atoms with E-state index in [0.717, 1.165) is 120 Å². The molecule has 0 spiro atoms. The molecule has 61 heavy (non-hydrogen) atoms. The van der Waals surface area contributed by atoms with E-state index in [4.69, 9.17) is 19.3 Å². The Morgan fingerprint density at radius 3 is 1.64 bits per heavy atom. The zero-order valence-corrected chi connectivity index (χ0v) is 35.2. The molecule has 0 aliphatic carbocycles. The highest BCUT2D eigenvalue weighted by atomic mass is 16.6. The summed E-state index contributed by atoms with van der Waals surface area (Å²) in [7, 11) is 0. The molecule has 11 heteroatoms. The van der Waals surface area contributed by atoms with Gasteiger partial charge in [-0.05, 0) is 149 Å². The Labute approximate surface area is 355 Å². The lowest BCUT2D eigenvalue weighted by Crippen LogP contribution is -2.39. The summed E-state index contributed by atoms with van der Waals surface area (Å²) in [6.45, 7) is 11.7. The zero-order valence-electron chi connectivity index (χ0n) is 35.2. The highest BCUT2D eigenvalue weighted by Gasteiger charge is 2.25. The fraction of sp³-hybridized carbons (Fsp3) is 0.340. The van der Waals surface area contributed by atoms with Crippen LogP contribution in [0.5, 0.6) is 0 Å². The standard InChI is InChI=1S/C28H31N3O3.C22H22N4O/c1-28(2,3)34-26(32)14-19-8-11-31(12-9-19)18-20-6-7-22-16-29-17-24(23(22)13-20)25-15-21-5-4-10-30-27(21)33-25;23-18-5-8-26(9-6-18)14-15-3-4-17-12-24-13-20(19(17)10-15)21-11-16-2-1-7-25-22(16)27-21/h4-7,10,13,15-17,19H,8-9,11-12,14,18H2,1-3H3;1-4,7,10-13,18H,5-6,8-9,14,23H2. The molecule has 0 radical (unpaired) electrons. The molecule has 2 saturated heterocycles. The summed E-state index contributed by atoms with van der Waals surface area (Å²) in [6, 6.07) is 25.5. The van der Waals surface area contributed by atoms with Crippen LogP contribution in [-0.4, -0.2) is 73.5 Å². The molecular weight excluding hydrogens is 763 g/mol. The number of nitrogens with two attached hydrogens (primary N) is 1. The van der Waals surface area contributed by atoms with Crippen LogP contribution >= 0.6 is 0 Å². The molecule has 11 nitrogen and oxygen atoms in total. The molecule has 10 rings (SSSR count). The third-order valence-corrected chi connectivity index (χ3v) is 11.8. The first-order chi connectivity index (χ1) is 29.6. The second-order valence-corrected chi connectivity index (χ2v) is 17.6. The van der Waals surface area contributed by atoms with E-state index in [1.165, 1.54) is 11.1 Å². The Morgan fingerprint density at radius 2 is 1.16 bits per heavy atom. The van der Waals surface area contributed by atoms with Crippen molar-refractivity contribution in [3.8, 4) is 22.6 Å². The van der Waals surface area contributed by atoms with Crippen LogP contribution in [0.15, 0.2) is 119 Å². The van der Waals surface area contributed by atoms with Gasteiger partial charge in [-0.25, -0.2) is 9.97 Å². The van der Waals surface area contributed by atoms with Crippen molar-refractivity contribution < 1.29 is 18.4 Å². The summed E-state index contributed by atoms with van der Waals surface area (Å²) < 4.78 is 17.5. The molecule has 2 aliphatic rings. The number of piperidine rings is 2. The lowest BCUT2D eigenvalue weighted by Gasteiger charge is -2.32. The number of furan rings is 2. The quantitative estimate of drug-likeness (QED) is 0.147. The van der Waals surface area contributed by atoms with Gasteiger partial charge in [-0.3, -0.25) is 24.6 Å². The lowest BCUT2D eigenvalue weighted by molar-refractivity contribution is -0.156. The summed E-state index contributed by atoms with van der Waals surface area (Å²) >= 11 is 0. The fourth-order valence-corrected chi connectivity index (χ4v) is 8.62. The minimum absolute atomic E-state index is 0.0811. The summed E-state index contributed by atoms with van der Waals surface area (Å²) in [5.41, 5.74) is 11.5. The Kier molecular flexibility index (Phi) is 11.6. The SMILES string of the molecule is CC(C)(C)OC(=O)CC1CCN(Cc2ccc3cncc(-c4cc5cccnc5o4)c3c2)CC1.NC1CCN(Cc2ccc3cncc(-c4cc5cccnc5o4)c3c2)CC1. The fourth-order valence-electron chi connectivity index (χ4n) is 8.62. The van der Waals surface area contributed by atoms with Crippen LogP contribution in [0, 0.1) is 5.92 Å². The molecule has 312 valence electrons. The molecule has 0 atom stereocenters. The zero-order chi connectivity index (χ0) is 41.9. The maximum absolute atomic E-state index is 12.2. The summed E-state index contributed by atoms with van der Waals surface area (Å²) in [4.78, 5) is 34.6. The Morgan fingerprint density at radius 1 is 0.672 bits per heavy atom. The summed E-state index contributed by atoms with van der Waals surface area (Å²) in [5.74, 6) is 1.92. The topological polar surface area (TPSA) is 137 Å². The predicted molar refractivity (Wildman–Crippen MR) is 240 cm³/mol. The molecule has 2 aliphatic heterocycles. The minimum atomic E-state index is -0.416. The number of rotatable bonds is 8. The molecule has 2 aromatic carbocycles. The van der Waals surface area contributed by atoms with E-state index in [1.807, 2.05) is 82.0 Å². The van der Waals surface area contributed by atoms with Crippen molar-refractivity contribution in [2.75, 3.05) is 26.2 Å². The van der Waals surface area contributed by atoms with Gasteiger partial charge in [0.15, 0.2) is 0 Å². The molecule has 0 bridgehead atoms. The van der Waals surface area contributed by atoms with E-state index in [1.54, 1.807) is 12.4 Å². The van der Waals surface area contributed by atoms with E-state index < -0.39 is 5.60 Å². The normalized spacial score (nSPS) is 16.0. The molecule has 0 saturated carbocycles. The largest absolute Gasteiger partial charge is 0.460 e. The summed E-state index contributed by atoms with van der Waals surface area (Å²) in [6.07, 6.45) is 15.8. The minimum Gasteiger partial charge on any atom is -0.460 e. The van der Waals surface area contributed by atoms with Crippen molar-refractivity contribution in [1.82, 2.24) is 29.7 Å². The van der Waals surface area contributed by atoms with Crippen molar-refractivity contribution in [1.29, 1.82) is 0 Å². The maximum atomic E-state index is 12.2. The van der Waals surface area contributed by atoms with Crippen LogP contribution in [0.4, 0.5) is 0 Å². The van der Waals surface area contributed by atoms with Crippen molar-refractivity contribution in [2.24, 2.45) is 11.7 Å². The van der Waals surface area contributed by atoms with Gasteiger partial charge >= 0.3 is 5.97 Å². The van der Waals surface area contributed by atoms with Gasteiger partial charge in [-0.15, -0.1) is 0 Å². The van der Waals surface area contributed by atoms with Crippen LogP contribution in [0.3, 0.4) is 0 Å². The first-order valence-electron chi connectivity index (χ1n) is 21.5. The number of carbonyl (C=O) groups excluding carboxylic acids is 1. The number of benzene rings is 2. The van der Waals surface area contributed by atoms with Crippen molar-refractivity contribution in [3.05, 3.63) is 121 Å². The van der Waals surface area contributed by atoms with Crippen LogP contribution in [0.25, 0.3) is 66.4 Å². The number of ether oxygens (including phenoxy) is 1. The van der Waals surface area contributed by atoms with Gasteiger partial charge in [0, 0.05) is 95.4 Å². The number of carbonyl (C=O) groups is 1. The second-order valence-electron chi connectivity index (χ2n) is 17.6. The predicted octanol–water partition coefficient (Wildman–Crippen LogP) is 9.95. The molecular formula is C50H53N7O4. The van der Waals surface area contributed by atoms with Gasteiger partial charge < -0.3 is 19.3 Å². The molecule has 0 amide bonds. The van der Waals surface area contributed by atoms with E-state index in [0.29, 0.717) is 29.8 Å². The number of esters is 1. The van der Waals surface area contributed by atoms with Crippen molar-refractivity contribution in [2.45, 2.75) is 77.6 Å². The van der Waals surface area contributed by atoms with Gasteiger partial charge in [-0.1, -0.05) is 24.3 Å². The average molecular weight is 816 g/mol. The smallest absolute Gasteiger partial charge is 0.306 e. The highest BCUT2D eigenvalue weighted by Crippen LogP contribution is 2.34. The Bertz CT molecular complexity index is 2730. The molecule has 2 fully saturated rings. The second kappa shape index (κ2) is 17.5. The van der Waals surface area contributed by atoms with Gasteiger partial charge in [0.05, 0.1) is 0 Å². The van der Waals surface area contributed by atoms with Gasteiger partial charge in [0.25, 0.3) is 0 Å². The van der Waals surface area contributed by atoms with E-state index in [9.17, 15) is 4.79 Å². The molecule has 6 aromatic heterocycles. The third kappa shape index (κ3) is 9.65. The van der Waals surface area contributed by atoms with E-state index in [-0.39, 0.29) is 5.97 Å². The number of hydrogen-bond acceptors (Lipinski definition) is 11. The number of hydrogen-bond donors (Lipinski definition) is 1. The lowest BCUT2D eigenvalue weighted by atomic mass is 9.93. The average Bonchev–Trinajstić information content (AvgIpc) is 3.89. The molecule has 8 aromatic rings. The molecule has 8 heterocycles. The van der Waals surface area contributed by atoms with Crippen LogP contribution in [-0.2, 0) is 22.6 Å². The third-order valence-electron chi connectivity index (χ3n) is 11.8. The number of aromatic nitrogens is 4. The van der Waals surface area contributed by atoms with Crippen molar-refractivity contribution in [3.63, 3.8) is 0 Å². The first kappa shape index (κ1) is 40.4. The highest BCUT2D eigenvalue weighted by molar-refractivity contribution is 5.98. The van der Waals surface area contributed by atoms with Crippen LogP contribution < -0.4 is 5.73 Å². The van der Waals surface area contributed by atoms with Gasteiger partial charge in [0.2, 0.25) is 11.4 Å². The molecule has 2 N–H and O–H groups in total. The Hall–Kier alpha value is -6.01. The summed E-state index contributed by atoms with van der Waals surface area (Å²) in [5, 5.41) is 6.49. The Balaban J connectivity index is 0.000000160. The van der Waals surface area contributed by atoms with Crippen LogP contribution in [0.1, 0.15) is 64.0 Å². The maximum Gasteiger partial charge on any atom is 0.306 e. The number of nitrogens with zero attached hydrogens (tertiary/aromatic N) is 6. The van der Waals surface area contributed by atoms with E-state index in [2.05, 4.69) is 66.1 Å². The number of fused-ring (bicyclic) bond motifs is 4. The first-order valence-corrected chi connectivity index (χ1v) is 21.5.